The third-order valence-corrected chi connectivity index (χ3v) is 5.33. The Hall–Kier alpha value is -3.54. The van der Waals surface area contributed by atoms with Crippen molar-refractivity contribution >= 4 is 16.8 Å². The third-order valence-electron chi connectivity index (χ3n) is 5.33. The lowest BCUT2D eigenvalue weighted by atomic mass is 9.95. The molecule has 6 heteroatoms. The minimum Gasteiger partial charge on any atom is -0.504 e. The molecule has 0 aliphatic heterocycles. The standard InChI is InChI=1S/C23H22N2O4/c1-12-6-7-17-19(21(27)15-8-13(2)14(3)18(9-15)28-5)22(29-23(17)20(12)26)16-10-24-25(4)11-16/h6-11,26H,1-5H3. The summed E-state index contributed by atoms with van der Waals surface area (Å²) in [5.74, 6) is 0.871. The first-order valence-electron chi connectivity index (χ1n) is 9.25. The van der Waals surface area contributed by atoms with Gasteiger partial charge >= 0.3 is 0 Å². The van der Waals surface area contributed by atoms with Crippen LogP contribution in [0.1, 0.15) is 32.6 Å². The number of methoxy groups -OCH3 is 1. The van der Waals surface area contributed by atoms with Gasteiger partial charge in [-0.3, -0.25) is 9.48 Å². The largest absolute Gasteiger partial charge is 0.504 e. The van der Waals surface area contributed by atoms with Gasteiger partial charge in [0.05, 0.1) is 24.4 Å². The van der Waals surface area contributed by atoms with Crippen LogP contribution in [-0.2, 0) is 7.05 Å². The lowest BCUT2D eigenvalue weighted by Gasteiger charge is -2.11. The summed E-state index contributed by atoms with van der Waals surface area (Å²) in [5, 5.41) is 15.3. The summed E-state index contributed by atoms with van der Waals surface area (Å²) in [6.45, 7) is 5.69. The highest BCUT2D eigenvalue weighted by Gasteiger charge is 2.26. The topological polar surface area (TPSA) is 77.5 Å². The first-order valence-corrected chi connectivity index (χ1v) is 9.25. The number of phenolic OH excluding ortho intramolecular Hbond substituents is 1. The van der Waals surface area contributed by atoms with Crippen LogP contribution in [-0.4, -0.2) is 27.8 Å². The summed E-state index contributed by atoms with van der Waals surface area (Å²) in [6, 6.07) is 7.17. The molecule has 4 aromatic rings. The number of carbonyl (C=O) groups excluding carboxylic acids is 1. The Labute approximate surface area is 168 Å². The molecule has 0 unspecified atom stereocenters. The Bertz CT molecular complexity index is 1260. The molecule has 0 saturated heterocycles. The fourth-order valence-corrected chi connectivity index (χ4v) is 3.53. The third kappa shape index (κ3) is 2.97. The molecule has 0 saturated carbocycles. The Kier molecular flexibility index (Phi) is 4.42. The fourth-order valence-electron chi connectivity index (χ4n) is 3.53. The smallest absolute Gasteiger partial charge is 0.197 e. The van der Waals surface area contributed by atoms with E-state index in [1.54, 1.807) is 56.4 Å². The van der Waals surface area contributed by atoms with Crippen molar-refractivity contribution in [3.63, 3.8) is 0 Å². The van der Waals surface area contributed by atoms with Gasteiger partial charge in [-0.1, -0.05) is 6.07 Å². The van der Waals surface area contributed by atoms with Crippen LogP contribution in [0.4, 0.5) is 0 Å². The van der Waals surface area contributed by atoms with Gasteiger partial charge in [0, 0.05) is 24.2 Å². The van der Waals surface area contributed by atoms with E-state index in [9.17, 15) is 9.90 Å². The lowest BCUT2D eigenvalue weighted by molar-refractivity contribution is 0.104. The van der Waals surface area contributed by atoms with E-state index in [-0.39, 0.29) is 11.5 Å². The van der Waals surface area contributed by atoms with Gasteiger partial charge in [-0.05, 0) is 55.7 Å². The van der Waals surface area contributed by atoms with E-state index >= 15 is 0 Å². The number of benzene rings is 2. The van der Waals surface area contributed by atoms with E-state index in [0.29, 0.717) is 44.7 Å². The second kappa shape index (κ2) is 6.81. The number of ketones is 1. The molecule has 0 aliphatic carbocycles. The van der Waals surface area contributed by atoms with Crippen molar-refractivity contribution in [2.75, 3.05) is 7.11 Å². The van der Waals surface area contributed by atoms with Gasteiger partial charge in [-0.25, -0.2) is 0 Å². The highest BCUT2D eigenvalue weighted by Crippen LogP contribution is 2.40. The molecule has 0 bridgehead atoms. The van der Waals surface area contributed by atoms with Gasteiger partial charge in [0.25, 0.3) is 0 Å². The van der Waals surface area contributed by atoms with Crippen LogP contribution in [0.3, 0.4) is 0 Å². The molecule has 0 radical (unpaired) electrons. The molecule has 2 aromatic heterocycles. The van der Waals surface area contributed by atoms with Crippen LogP contribution in [0.15, 0.2) is 41.1 Å². The van der Waals surface area contributed by atoms with Crippen molar-refractivity contribution in [1.82, 2.24) is 9.78 Å². The maximum atomic E-state index is 13.6. The van der Waals surface area contributed by atoms with Crippen LogP contribution < -0.4 is 4.74 Å². The van der Waals surface area contributed by atoms with Gasteiger partial charge < -0.3 is 14.3 Å². The summed E-state index contributed by atoms with van der Waals surface area (Å²) in [7, 11) is 3.38. The number of furan rings is 1. The summed E-state index contributed by atoms with van der Waals surface area (Å²) in [5.41, 5.74) is 4.48. The first-order chi connectivity index (χ1) is 13.8. The molecule has 0 atom stereocenters. The molecule has 6 nitrogen and oxygen atoms in total. The number of aromatic hydroxyl groups is 1. The van der Waals surface area contributed by atoms with E-state index in [4.69, 9.17) is 9.15 Å². The zero-order valence-electron chi connectivity index (χ0n) is 17.0. The molecule has 0 spiro atoms. The van der Waals surface area contributed by atoms with Gasteiger partial charge in [0.1, 0.15) is 11.5 Å². The summed E-state index contributed by atoms with van der Waals surface area (Å²) < 4.78 is 13.1. The van der Waals surface area contributed by atoms with Crippen LogP contribution in [0, 0.1) is 20.8 Å². The van der Waals surface area contributed by atoms with Crippen molar-refractivity contribution in [2.24, 2.45) is 7.05 Å². The minimum atomic E-state index is -0.202. The Balaban J connectivity index is 2.01. The molecule has 0 fully saturated rings. The van der Waals surface area contributed by atoms with Gasteiger partial charge in [-0.15, -0.1) is 0 Å². The Morgan fingerprint density at radius 3 is 2.59 bits per heavy atom. The van der Waals surface area contributed by atoms with E-state index in [1.165, 1.54) is 0 Å². The van der Waals surface area contributed by atoms with Gasteiger partial charge in [0.15, 0.2) is 17.1 Å². The second-order valence-corrected chi connectivity index (χ2v) is 7.27. The molecular weight excluding hydrogens is 368 g/mol. The maximum absolute atomic E-state index is 13.6. The molecule has 0 amide bonds. The molecule has 1 N–H and O–H groups in total. The molecule has 4 rings (SSSR count). The molecule has 2 heterocycles. The Morgan fingerprint density at radius 1 is 1.17 bits per heavy atom. The SMILES string of the molecule is COc1cc(C(=O)c2c(-c3cnn(C)c3)oc3c(O)c(C)ccc23)cc(C)c1C. The minimum absolute atomic E-state index is 0.0318. The number of rotatable bonds is 4. The van der Waals surface area contributed by atoms with E-state index in [0.717, 1.165) is 11.1 Å². The number of ether oxygens (including phenoxy) is 1. The van der Waals surface area contributed by atoms with Crippen LogP contribution >= 0.6 is 0 Å². The maximum Gasteiger partial charge on any atom is 0.197 e. The van der Waals surface area contributed by atoms with Crippen molar-refractivity contribution in [2.45, 2.75) is 20.8 Å². The molecule has 0 aliphatic rings. The van der Waals surface area contributed by atoms with Crippen LogP contribution in [0.5, 0.6) is 11.5 Å². The van der Waals surface area contributed by atoms with Crippen molar-refractivity contribution in [3.05, 3.63) is 64.5 Å². The quantitative estimate of drug-likeness (QED) is 0.511. The summed E-state index contributed by atoms with van der Waals surface area (Å²) in [6.07, 6.45) is 3.42. The zero-order chi connectivity index (χ0) is 20.9. The Morgan fingerprint density at radius 2 is 1.93 bits per heavy atom. The highest BCUT2D eigenvalue weighted by molar-refractivity contribution is 6.20. The average Bonchev–Trinajstić information content (AvgIpc) is 3.30. The number of aryl methyl sites for hydroxylation is 3. The van der Waals surface area contributed by atoms with E-state index < -0.39 is 0 Å². The van der Waals surface area contributed by atoms with Crippen molar-refractivity contribution < 1.29 is 19.1 Å². The first kappa shape index (κ1) is 18.8. The predicted molar refractivity (Wildman–Crippen MR) is 111 cm³/mol. The number of aromatic nitrogens is 2. The second-order valence-electron chi connectivity index (χ2n) is 7.27. The normalized spacial score (nSPS) is 11.2. The zero-order valence-corrected chi connectivity index (χ0v) is 17.0. The van der Waals surface area contributed by atoms with Crippen LogP contribution in [0.2, 0.25) is 0 Å². The fraction of sp³-hybridized carbons (Fsp3) is 0.217. The average molecular weight is 390 g/mol. The molecule has 2 aromatic carbocycles. The summed E-state index contributed by atoms with van der Waals surface area (Å²) in [4.78, 5) is 13.6. The molecular formula is C23H22N2O4. The molecule has 29 heavy (non-hydrogen) atoms. The number of nitrogens with zero attached hydrogens (tertiary/aromatic N) is 2. The lowest BCUT2D eigenvalue weighted by Crippen LogP contribution is -2.04. The van der Waals surface area contributed by atoms with E-state index in [2.05, 4.69) is 5.10 Å². The van der Waals surface area contributed by atoms with Crippen molar-refractivity contribution in [3.8, 4) is 22.8 Å². The number of phenols is 1. The number of hydrogen-bond donors (Lipinski definition) is 1. The van der Waals surface area contributed by atoms with Crippen LogP contribution in [0.25, 0.3) is 22.3 Å². The number of carbonyl (C=O) groups is 1. The van der Waals surface area contributed by atoms with Gasteiger partial charge in [0.2, 0.25) is 0 Å². The monoisotopic (exact) mass is 390 g/mol. The highest BCUT2D eigenvalue weighted by atomic mass is 16.5. The molecule has 148 valence electrons. The van der Waals surface area contributed by atoms with Gasteiger partial charge in [-0.2, -0.15) is 5.10 Å². The predicted octanol–water partition coefficient (Wildman–Crippen LogP) is 4.70. The van der Waals surface area contributed by atoms with Crippen molar-refractivity contribution in [1.29, 1.82) is 0 Å². The van der Waals surface area contributed by atoms with E-state index in [1.807, 2.05) is 19.9 Å². The summed E-state index contributed by atoms with van der Waals surface area (Å²) >= 11 is 0. The number of hydrogen-bond acceptors (Lipinski definition) is 5. The number of fused-ring (bicyclic) bond motifs is 1.